The van der Waals surface area contributed by atoms with Crippen LogP contribution in [0.3, 0.4) is 0 Å². The number of carbonyl (C=O) groups excluding carboxylic acids is 1. The van der Waals surface area contributed by atoms with Crippen molar-refractivity contribution in [3.63, 3.8) is 0 Å². The van der Waals surface area contributed by atoms with Gasteiger partial charge in [0.15, 0.2) is 0 Å². The van der Waals surface area contributed by atoms with Gasteiger partial charge >= 0.3 is 5.97 Å². The lowest BCUT2D eigenvalue weighted by molar-refractivity contribution is -0.146. The summed E-state index contributed by atoms with van der Waals surface area (Å²) in [5.41, 5.74) is 5.50. The Morgan fingerprint density at radius 1 is 1.08 bits per heavy atom. The fourth-order valence-corrected chi connectivity index (χ4v) is 4.33. The number of hydrogen-bond donors (Lipinski definition) is 0. The van der Waals surface area contributed by atoms with E-state index in [0.29, 0.717) is 13.2 Å². The Labute approximate surface area is 221 Å². The van der Waals surface area contributed by atoms with Crippen LogP contribution in [-0.4, -0.2) is 44.0 Å². The van der Waals surface area contributed by atoms with Crippen LogP contribution in [0.4, 0.5) is 0 Å². The molecule has 0 aliphatic heterocycles. The number of benzene rings is 2. The van der Waals surface area contributed by atoms with E-state index in [1.807, 2.05) is 69.1 Å². The van der Waals surface area contributed by atoms with Crippen molar-refractivity contribution in [3.05, 3.63) is 102 Å². The summed E-state index contributed by atoms with van der Waals surface area (Å²) < 4.78 is 11.0. The number of likely N-dealkylation sites (N-methyl/N-ethyl adjacent to an activating group) is 1. The Kier molecular flexibility index (Phi) is 9.29. The fraction of sp³-hybridized carbons (Fsp3) is 0.312. The standard InChI is InChI=1S/C32H38N2O3/c1-8-10-11-23(3)22-34(6)25(5)33-24(4)30(36-7)28-14-12-26(13-15-28)27-16-18-29(19-17-27)32(20-21-32)31(35)37-9-2/h8,10-19H,1,3,9,20-22H2,2,4-7H3/b11-10?,30-24+,33-25?. The van der Waals surface area contributed by atoms with Gasteiger partial charge < -0.3 is 14.4 Å². The van der Waals surface area contributed by atoms with Crippen molar-refractivity contribution in [3.8, 4) is 11.1 Å². The molecule has 1 saturated carbocycles. The molecule has 0 aromatic heterocycles. The molecule has 0 saturated heterocycles. The first-order chi connectivity index (χ1) is 17.7. The van der Waals surface area contributed by atoms with Crippen LogP contribution in [0.2, 0.25) is 0 Å². The quantitative estimate of drug-likeness (QED) is 0.111. The van der Waals surface area contributed by atoms with Crippen molar-refractivity contribution in [2.75, 3.05) is 27.3 Å². The van der Waals surface area contributed by atoms with E-state index in [9.17, 15) is 4.79 Å². The zero-order valence-corrected chi connectivity index (χ0v) is 22.7. The molecule has 0 N–H and O–H groups in total. The maximum Gasteiger partial charge on any atom is 0.316 e. The zero-order chi connectivity index (χ0) is 27.0. The molecule has 1 aliphatic rings. The number of rotatable bonds is 11. The van der Waals surface area contributed by atoms with E-state index < -0.39 is 5.41 Å². The number of esters is 1. The fourth-order valence-electron chi connectivity index (χ4n) is 4.33. The number of ether oxygens (including phenoxy) is 2. The van der Waals surface area contributed by atoms with E-state index in [1.54, 1.807) is 13.2 Å². The van der Waals surface area contributed by atoms with Gasteiger partial charge in [-0.25, -0.2) is 4.99 Å². The first-order valence-electron chi connectivity index (χ1n) is 12.6. The third-order valence-electron chi connectivity index (χ3n) is 6.66. The van der Waals surface area contributed by atoms with Gasteiger partial charge in [0.2, 0.25) is 0 Å². The highest BCUT2D eigenvalue weighted by molar-refractivity contribution is 5.87. The SMILES string of the molecule is C=CC=CC(=C)CN(C)C(C)=N/C(C)=C(/OC)c1ccc(-c2ccc(C3(C(=O)OCC)CC3)cc2)cc1. The lowest BCUT2D eigenvalue weighted by Gasteiger charge is -2.19. The van der Waals surface area contributed by atoms with Crippen LogP contribution in [0.25, 0.3) is 16.9 Å². The molecule has 2 aromatic rings. The summed E-state index contributed by atoms with van der Waals surface area (Å²) in [5.74, 6) is 1.48. The van der Waals surface area contributed by atoms with Gasteiger partial charge in [-0.1, -0.05) is 79.9 Å². The summed E-state index contributed by atoms with van der Waals surface area (Å²) in [6.45, 7) is 14.6. The van der Waals surface area contributed by atoms with Crippen LogP contribution < -0.4 is 0 Å². The normalized spacial score (nSPS) is 15.1. The van der Waals surface area contributed by atoms with Crippen LogP contribution in [0.15, 0.2) is 96.2 Å². The number of hydrogen-bond acceptors (Lipinski definition) is 4. The topological polar surface area (TPSA) is 51.1 Å². The highest BCUT2D eigenvalue weighted by Crippen LogP contribution is 2.49. The zero-order valence-electron chi connectivity index (χ0n) is 22.7. The Hall–Kier alpha value is -3.86. The minimum atomic E-state index is -0.448. The monoisotopic (exact) mass is 498 g/mol. The molecule has 0 atom stereocenters. The molecule has 0 heterocycles. The first-order valence-corrected chi connectivity index (χ1v) is 12.6. The predicted octanol–water partition coefficient (Wildman–Crippen LogP) is 6.93. The van der Waals surface area contributed by atoms with Crippen LogP contribution >= 0.6 is 0 Å². The molecule has 0 spiro atoms. The van der Waals surface area contributed by atoms with Gasteiger partial charge in [0.05, 0.1) is 24.8 Å². The van der Waals surface area contributed by atoms with Gasteiger partial charge in [-0.05, 0) is 55.9 Å². The minimum absolute atomic E-state index is 0.111. The maximum atomic E-state index is 12.4. The molecule has 3 rings (SSSR count). The molecule has 37 heavy (non-hydrogen) atoms. The molecule has 1 fully saturated rings. The second kappa shape index (κ2) is 12.4. The maximum absolute atomic E-state index is 12.4. The Balaban J connectivity index is 1.75. The molecule has 0 bridgehead atoms. The van der Waals surface area contributed by atoms with E-state index in [0.717, 1.165) is 58.0 Å². The number of amidine groups is 1. The summed E-state index contributed by atoms with van der Waals surface area (Å²) >= 11 is 0. The van der Waals surface area contributed by atoms with Crippen molar-refractivity contribution in [2.24, 2.45) is 4.99 Å². The van der Waals surface area contributed by atoms with Crippen molar-refractivity contribution in [2.45, 2.75) is 39.0 Å². The van der Waals surface area contributed by atoms with Crippen molar-refractivity contribution in [1.29, 1.82) is 0 Å². The minimum Gasteiger partial charge on any atom is -0.494 e. The van der Waals surface area contributed by atoms with Gasteiger partial charge in [-0.15, -0.1) is 0 Å². The average molecular weight is 499 g/mol. The number of carbonyl (C=O) groups is 1. The van der Waals surface area contributed by atoms with Crippen molar-refractivity contribution >= 4 is 17.6 Å². The van der Waals surface area contributed by atoms with Crippen LogP contribution in [-0.2, 0) is 19.7 Å². The van der Waals surface area contributed by atoms with Gasteiger partial charge in [0.1, 0.15) is 11.6 Å². The summed E-state index contributed by atoms with van der Waals surface area (Å²) in [4.78, 5) is 19.2. The summed E-state index contributed by atoms with van der Waals surface area (Å²) in [7, 11) is 3.66. The molecular weight excluding hydrogens is 460 g/mol. The van der Waals surface area contributed by atoms with E-state index in [2.05, 4.69) is 37.4 Å². The van der Waals surface area contributed by atoms with Crippen molar-refractivity contribution in [1.82, 2.24) is 4.90 Å². The Morgan fingerprint density at radius 3 is 2.19 bits per heavy atom. The molecule has 194 valence electrons. The molecule has 0 unspecified atom stereocenters. The van der Waals surface area contributed by atoms with Gasteiger partial charge in [-0.3, -0.25) is 4.79 Å². The molecule has 0 amide bonds. The van der Waals surface area contributed by atoms with Crippen molar-refractivity contribution < 1.29 is 14.3 Å². The average Bonchev–Trinajstić information content (AvgIpc) is 3.71. The van der Waals surface area contributed by atoms with Crippen LogP contribution in [0.5, 0.6) is 0 Å². The molecule has 1 aliphatic carbocycles. The van der Waals surface area contributed by atoms with E-state index in [-0.39, 0.29) is 5.97 Å². The Morgan fingerprint density at radius 2 is 1.68 bits per heavy atom. The highest BCUT2D eigenvalue weighted by Gasteiger charge is 2.52. The van der Waals surface area contributed by atoms with Crippen LogP contribution in [0.1, 0.15) is 44.7 Å². The molecule has 2 aromatic carbocycles. The molecular formula is C32H38N2O3. The lowest BCUT2D eigenvalue weighted by atomic mass is 9.93. The summed E-state index contributed by atoms with van der Waals surface area (Å²) in [6, 6.07) is 16.5. The molecule has 0 radical (unpaired) electrons. The van der Waals surface area contributed by atoms with E-state index >= 15 is 0 Å². The van der Waals surface area contributed by atoms with Crippen LogP contribution in [0, 0.1) is 0 Å². The second-order valence-corrected chi connectivity index (χ2v) is 9.34. The summed E-state index contributed by atoms with van der Waals surface area (Å²) in [5, 5.41) is 0. The first kappa shape index (κ1) is 27.7. The van der Waals surface area contributed by atoms with E-state index in [1.165, 1.54) is 0 Å². The molecule has 5 nitrogen and oxygen atoms in total. The smallest absolute Gasteiger partial charge is 0.316 e. The number of nitrogens with zero attached hydrogens (tertiary/aromatic N) is 2. The highest BCUT2D eigenvalue weighted by atomic mass is 16.5. The number of aliphatic imine (C=N–C) groups is 1. The Bertz CT molecular complexity index is 1210. The largest absolute Gasteiger partial charge is 0.494 e. The van der Waals surface area contributed by atoms with Gasteiger partial charge in [-0.2, -0.15) is 0 Å². The lowest BCUT2D eigenvalue weighted by Crippen LogP contribution is -2.26. The predicted molar refractivity (Wildman–Crippen MR) is 153 cm³/mol. The third kappa shape index (κ3) is 6.67. The van der Waals surface area contributed by atoms with Gasteiger partial charge in [0.25, 0.3) is 0 Å². The summed E-state index contributed by atoms with van der Waals surface area (Å²) in [6.07, 6.45) is 7.26. The molecule has 5 heteroatoms. The third-order valence-corrected chi connectivity index (χ3v) is 6.66. The number of allylic oxidation sites excluding steroid dienone is 3. The van der Waals surface area contributed by atoms with E-state index in [4.69, 9.17) is 14.5 Å². The van der Waals surface area contributed by atoms with Gasteiger partial charge in [0, 0.05) is 19.2 Å². The second-order valence-electron chi connectivity index (χ2n) is 9.34. The number of methoxy groups -OCH3 is 1.